The summed E-state index contributed by atoms with van der Waals surface area (Å²) < 4.78 is 35.1. The lowest BCUT2D eigenvalue weighted by Gasteiger charge is -2.15. The van der Waals surface area contributed by atoms with Gasteiger partial charge in [-0.1, -0.05) is 60.7 Å². The van der Waals surface area contributed by atoms with Crippen LogP contribution < -0.4 is 28.4 Å². The van der Waals surface area contributed by atoms with Crippen molar-refractivity contribution in [1.29, 1.82) is 0 Å². The van der Waals surface area contributed by atoms with E-state index in [2.05, 4.69) is 9.97 Å². The number of ether oxygens (including phenoxy) is 6. The highest BCUT2D eigenvalue weighted by Crippen LogP contribution is 2.47. The maximum atomic E-state index is 13.1. The van der Waals surface area contributed by atoms with Crippen LogP contribution in [0.5, 0.6) is 34.5 Å². The van der Waals surface area contributed by atoms with Gasteiger partial charge >= 0.3 is 11.9 Å². The van der Waals surface area contributed by atoms with Gasteiger partial charge in [-0.05, 0) is 118 Å². The van der Waals surface area contributed by atoms with Crippen molar-refractivity contribution in [1.82, 2.24) is 19.9 Å². The molecule has 8 bridgehead atoms. The molecule has 0 saturated heterocycles. The van der Waals surface area contributed by atoms with Crippen molar-refractivity contribution in [2.45, 2.75) is 0 Å². The molecule has 0 unspecified atom stereocenters. The average molecular weight is 983 g/mol. The molecule has 0 saturated carbocycles. The predicted octanol–water partition coefficient (Wildman–Crippen LogP) is 13.1. The van der Waals surface area contributed by atoms with Crippen LogP contribution in [0.25, 0.3) is 112 Å². The fraction of sp³-hybridized carbons (Fsp3) is 0.100. The van der Waals surface area contributed by atoms with E-state index in [0.717, 1.165) is 10.8 Å². The van der Waals surface area contributed by atoms with E-state index in [1.54, 1.807) is 66.9 Å². The Labute approximate surface area is 423 Å². The molecule has 0 fully saturated rings. The summed E-state index contributed by atoms with van der Waals surface area (Å²) in [6.45, 7) is 0. The third-order valence-electron chi connectivity index (χ3n) is 13.5. The van der Waals surface area contributed by atoms with E-state index in [4.69, 9.17) is 38.4 Å². The highest BCUT2D eigenvalue weighted by Gasteiger charge is 2.25. The zero-order valence-corrected chi connectivity index (χ0v) is 40.9. The minimum atomic E-state index is -1.08. The van der Waals surface area contributed by atoms with Crippen molar-refractivity contribution in [2.75, 3.05) is 42.7 Å². The average Bonchev–Trinajstić information content (AvgIpc) is 4.29. The van der Waals surface area contributed by atoms with Crippen molar-refractivity contribution in [3.63, 3.8) is 0 Å². The summed E-state index contributed by atoms with van der Waals surface area (Å²) in [5.74, 6) is 0.364. The number of nitrogens with one attached hydrogen (secondary N) is 2. The second kappa shape index (κ2) is 18.7. The Morgan fingerprint density at radius 3 is 1.03 bits per heavy atom. The van der Waals surface area contributed by atoms with Crippen LogP contribution in [0.2, 0.25) is 0 Å². The number of carboxylic acid groups (broad SMARTS) is 2. The number of aromatic carboxylic acids is 2. The van der Waals surface area contributed by atoms with Crippen LogP contribution in [0.3, 0.4) is 0 Å². The quantitative estimate of drug-likeness (QED) is 0.0908. The Bertz CT molecular complexity index is 3760. The molecule has 14 heteroatoms. The van der Waals surface area contributed by atoms with Crippen LogP contribution in [0.4, 0.5) is 0 Å². The number of fused-ring (bicyclic) bond motifs is 10. The number of benzene rings is 6. The molecule has 2 aliphatic heterocycles. The number of methoxy groups -OCH3 is 6. The molecule has 4 N–H and O–H groups in total. The Morgan fingerprint density at radius 1 is 0.405 bits per heavy atom. The molecule has 3 aromatic heterocycles. The van der Waals surface area contributed by atoms with E-state index in [9.17, 15) is 19.8 Å². The van der Waals surface area contributed by atoms with Gasteiger partial charge in [-0.2, -0.15) is 0 Å². The normalized spacial score (nSPS) is 11.8. The second-order valence-corrected chi connectivity index (χ2v) is 17.4. The molecule has 0 atom stereocenters. The molecular formula is C60H46N4O10. The van der Waals surface area contributed by atoms with Crippen molar-refractivity contribution >= 4 is 79.9 Å². The van der Waals surface area contributed by atoms with E-state index >= 15 is 0 Å². The van der Waals surface area contributed by atoms with Crippen LogP contribution in [-0.4, -0.2) is 84.7 Å². The van der Waals surface area contributed by atoms with Crippen LogP contribution >= 0.6 is 0 Å². The van der Waals surface area contributed by atoms with Gasteiger partial charge in [0, 0.05) is 55.1 Å². The zero-order chi connectivity index (χ0) is 51.4. The number of aromatic nitrogens is 4. The van der Waals surface area contributed by atoms with E-state index in [0.29, 0.717) is 135 Å². The largest absolute Gasteiger partial charge is 0.493 e. The molecule has 11 rings (SSSR count). The molecular weight excluding hydrogens is 937 g/mol. The number of H-pyrrole nitrogens is 2. The Balaban J connectivity index is 1.37. The van der Waals surface area contributed by atoms with Crippen molar-refractivity contribution < 1.29 is 48.2 Å². The molecule has 0 amide bonds. The smallest absolute Gasteiger partial charge is 0.336 e. The van der Waals surface area contributed by atoms with Crippen LogP contribution in [0, 0.1) is 0 Å². The van der Waals surface area contributed by atoms with Crippen molar-refractivity contribution in [3.05, 3.63) is 155 Å². The number of aromatic amines is 2. The topological polar surface area (TPSA) is 187 Å². The van der Waals surface area contributed by atoms with Crippen LogP contribution in [0.1, 0.15) is 43.5 Å². The molecule has 5 heterocycles. The first-order valence-electron chi connectivity index (χ1n) is 23.4. The monoisotopic (exact) mass is 982 g/mol. The Kier molecular flexibility index (Phi) is 11.8. The highest BCUT2D eigenvalue weighted by atomic mass is 16.5. The third kappa shape index (κ3) is 7.67. The molecule has 74 heavy (non-hydrogen) atoms. The molecule has 6 aromatic carbocycles. The minimum absolute atomic E-state index is 0.122. The van der Waals surface area contributed by atoms with Gasteiger partial charge in [0.15, 0.2) is 23.0 Å². The third-order valence-corrected chi connectivity index (χ3v) is 13.5. The van der Waals surface area contributed by atoms with E-state index in [1.807, 2.05) is 121 Å². The predicted molar refractivity (Wildman–Crippen MR) is 289 cm³/mol. The van der Waals surface area contributed by atoms with Gasteiger partial charge < -0.3 is 48.6 Å². The molecule has 9 aromatic rings. The first-order valence-corrected chi connectivity index (χ1v) is 23.4. The number of carbonyl (C=O) groups is 2. The zero-order valence-electron chi connectivity index (χ0n) is 40.9. The first-order chi connectivity index (χ1) is 36.1. The first kappa shape index (κ1) is 46.6. The number of rotatable bonds is 12. The van der Waals surface area contributed by atoms with Crippen LogP contribution in [-0.2, 0) is 0 Å². The lowest BCUT2D eigenvalue weighted by atomic mass is 9.93. The molecule has 2 aliphatic rings. The standard InChI is InChI=1S/C60H46N4O10/c1-69-47-27-33(28-48(70-2)57(47)73-5)53-39-19-20-40(61-39)54(34-29-49(71-3)58(74-6)50(30-34)72-4)42-22-24-44(63-42)56(36-16-8-12-32-14-10-18-38(52(32)36)60(67)68)46-26-25-45(64-46)55(43-23-21-41(53)62-43)35-15-7-11-31-13-9-17-37(51(31)35)59(65)66/h7-30,62-63H,1-6H3,(H,65,66)(H,67,68). The van der Waals surface area contributed by atoms with Gasteiger partial charge in [0.05, 0.1) is 76.6 Å². The summed E-state index contributed by atoms with van der Waals surface area (Å²) in [7, 11) is 9.34. The van der Waals surface area contributed by atoms with E-state index in [-0.39, 0.29) is 11.1 Å². The number of hydrogen-bond donors (Lipinski definition) is 4. The number of nitrogens with zero attached hydrogens (tertiary/aromatic N) is 2. The molecule has 0 spiro atoms. The van der Waals surface area contributed by atoms with Gasteiger partial charge in [-0.15, -0.1) is 0 Å². The fourth-order valence-electron chi connectivity index (χ4n) is 10.3. The SMILES string of the molecule is COc1cc(-c2c3nc(c(-c4cc(OC)c(OC)c(OC)c4)c4ccc([nH]4)c(-c4cccc5cccc(C(=O)O)c45)c4nc(c(-c5cccc6cccc(C(=O)O)c56)c5ccc2[nH]5)C=C4)C=C3)cc(OC)c1OC. The number of carboxylic acids is 2. The van der Waals surface area contributed by atoms with Gasteiger partial charge in [0.25, 0.3) is 0 Å². The Hall–Kier alpha value is -9.82. The fourth-order valence-corrected chi connectivity index (χ4v) is 10.3. The van der Waals surface area contributed by atoms with E-state index in [1.165, 1.54) is 0 Å². The maximum absolute atomic E-state index is 13.1. The Morgan fingerprint density at radius 2 is 0.716 bits per heavy atom. The highest BCUT2D eigenvalue weighted by molar-refractivity contribution is 6.15. The van der Waals surface area contributed by atoms with Crippen molar-refractivity contribution in [2.24, 2.45) is 0 Å². The van der Waals surface area contributed by atoms with Crippen LogP contribution in [0.15, 0.2) is 121 Å². The maximum Gasteiger partial charge on any atom is 0.336 e. The lowest BCUT2D eigenvalue weighted by molar-refractivity contribution is 0.0688. The molecule has 0 aliphatic carbocycles. The minimum Gasteiger partial charge on any atom is -0.493 e. The second-order valence-electron chi connectivity index (χ2n) is 17.4. The summed E-state index contributed by atoms with van der Waals surface area (Å²) in [4.78, 5) is 44.5. The summed E-state index contributed by atoms with van der Waals surface area (Å²) in [5.41, 5.74) is 10.1. The molecule has 366 valence electrons. The van der Waals surface area contributed by atoms with Gasteiger partial charge in [-0.3, -0.25) is 0 Å². The molecule has 14 nitrogen and oxygen atoms in total. The van der Waals surface area contributed by atoms with Gasteiger partial charge in [0.2, 0.25) is 11.5 Å². The summed E-state index contributed by atoms with van der Waals surface area (Å²) in [5, 5.41) is 23.8. The molecule has 0 radical (unpaired) electrons. The summed E-state index contributed by atoms with van der Waals surface area (Å²) in [6.07, 6.45) is 7.68. The van der Waals surface area contributed by atoms with E-state index < -0.39 is 11.9 Å². The van der Waals surface area contributed by atoms with Gasteiger partial charge in [0.1, 0.15) is 0 Å². The summed E-state index contributed by atoms with van der Waals surface area (Å²) in [6, 6.07) is 37.1. The number of hydrogen-bond acceptors (Lipinski definition) is 10. The lowest BCUT2D eigenvalue weighted by Crippen LogP contribution is -1.99. The van der Waals surface area contributed by atoms with Crippen molar-refractivity contribution in [3.8, 4) is 79.0 Å². The van der Waals surface area contributed by atoms with Gasteiger partial charge in [-0.25, -0.2) is 19.6 Å². The summed E-state index contributed by atoms with van der Waals surface area (Å²) >= 11 is 0.